The number of carboxylic acids is 2. The van der Waals surface area contributed by atoms with Crippen molar-refractivity contribution in [2.75, 3.05) is 37.6 Å². The Morgan fingerprint density at radius 1 is 0.964 bits per heavy atom. The van der Waals surface area contributed by atoms with Gasteiger partial charge in [-0.15, -0.1) is 6.42 Å². The van der Waals surface area contributed by atoms with E-state index >= 15 is 0 Å². The molecule has 150 valence electrons. The maximum absolute atomic E-state index is 9.55. The van der Waals surface area contributed by atoms with Crippen LogP contribution in [0, 0.1) is 12.3 Å². The van der Waals surface area contributed by atoms with Crippen LogP contribution in [0.2, 0.25) is 0 Å². The predicted octanol–water partition coefficient (Wildman–Crippen LogP) is 2.42. The van der Waals surface area contributed by atoms with Crippen molar-refractivity contribution >= 4 is 17.6 Å². The molecule has 0 unspecified atom stereocenters. The molecule has 0 radical (unpaired) electrons. The largest absolute Gasteiger partial charge is 0.478 e. The van der Waals surface area contributed by atoms with Gasteiger partial charge >= 0.3 is 11.9 Å². The van der Waals surface area contributed by atoms with Crippen LogP contribution in [0.5, 0.6) is 0 Å². The smallest absolute Gasteiger partial charge is 0.328 e. The second-order valence-electron chi connectivity index (χ2n) is 6.99. The van der Waals surface area contributed by atoms with Gasteiger partial charge in [0.1, 0.15) is 0 Å². The monoisotopic (exact) mass is 384 g/mol. The van der Waals surface area contributed by atoms with Crippen LogP contribution in [0.25, 0.3) is 0 Å². The van der Waals surface area contributed by atoms with Crippen molar-refractivity contribution in [2.45, 2.75) is 32.1 Å². The molecule has 6 nitrogen and oxygen atoms in total. The van der Waals surface area contributed by atoms with Gasteiger partial charge < -0.3 is 15.1 Å². The van der Waals surface area contributed by atoms with E-state index in [0.717, 1.165) is 32.7 Å². The van der Waals surface area contributed by atoms with Gasteiger partial charge in [-0.25, -0.2) is 9.59 Å². The Kier molecular flexibility index (Phi) is 8.57. The van der Waals surface area contributed by atoms with Gasteiger partial charge in [-0.3, -0.25) is 4.90 Å². The first kappa shape index (κ1) is 21.5. The van der Waals surface area contributed by atoms with Crippen LogP contribution in [0.15, 0.2) is 30.4 Å². The van der Waals surface area contributed by atoms with Crippen molar-refractivity contribution in [1.82, 2.24) is 4.90 Å². The number of carboxylic acid groups (broad SMARTS) is 2. The highest BCUT2D eigenvalue weighted by molar-refractivity contribution is 5.89. The number of nitrogens with zero attached hydrogens (tertiary/aromatic N) is 2. The molecule has 1 aliphatic heterocycles. The Morgan fingerprint density at radius 2 is 1.57 bits per heavy atom. The number of fused-ring (bicyclic) bond motifs is 1. The zero-order chi connectivity index (χ0) is 20.4. The van der Waals surface area contributed by atoms with Gasteiger partial charge in [0.05, 0.1) is 6.54 Å². The first-order valence-corrected chi connectivity index (χ1v) is 9.66. The van der Waals surface area contributed by atoms with Crippen LogP contribution in [0.3, 0.4) is 0 Å². The number of terminal acetylenes is 1. The lowest BCUT2D eigenvalue weighted by molar-refractivity contribution is -0.134. The molecule has 0 atom stereocenters. The lowest BCUT2D eigenvalue weighted by Gasteiger charge is -2.35. The van der Waals surface area contributed by atoms with Crippen molar-refractivity contribution in [3.63, 3.8) is 0 Å². The fraction of sp³-hybridized carbons (Fsp3) is 0.455. The molecule has 1 aromatic rings. The number of carbonyl (C=O) groups is 2. The quantitative estimate of drug-likeness (QED) is 0.471. The maximum atomic E-state index is 9.55. The normalized spacial score (nSPS) is 17.0. The molecular weight excluding hydrogens is 356 g/mol. The molecule has 0 aromatic heterocycles. The van der Waals surface area contributed by atoms with Crippen molar-refractivity contribution < 1.29 is 19.8 Å². The molecule has 0 saturated carbocycles. The Morgan fingerprint density at radius 3 is 2.14 bits per heavy atom. The summed E-state index contributed by atoms with van der Waals surface area (Å²) >= 11 is 0. The highest BCUT2D eigenvalue weighted by atomic mass is 16.4. The maximum Gasteiger partial charge on any atom is 0.328 e. The summed E-state index contributed by atoms with van der Waals surface area (Å²) in [6.07, 6.45) is 13.1. The number of aryl methyl sites for hydroxylation is 2. The summed E-state index contributed by atoms with van der Waals surface area (Å²) in [6.45, 7) is 5.15. The molecule has 2 aliphatic rings. The Labute approximate surface area is 166 Å². The fourth-order valence-electron chi connectivity index (χ4n) is 3.53. The second kappa shape index (κ2) is 11.2. The van der Waals surface area contributed by atoms with Crippen molar-refractivity contribution in [3.05, 3.63) is 41.5 Å². The summed E-state index contributed by atoms with van der Waals surface area (Å²) in [7, 11) is 0. The van der Waals surface area contributed by atoms with Crippen molar-refractivity contribution in [2.24, 2.45) is 0 Å². The molecule has 3 rings (SSSR count). The minimum absolute atomic E-state index is 0.558. The summed E-state index contributed by atoms with van der Waals surface area (Å²) in [4.78, 5) is 24.0. The number of piperazine rings is 1. The Hall–Kier alpha value is -2.78. The number of rotatable bonds is 4. The number of hydrogen-bond acceptors (Lipinski definition) is 4. The first-order valence-electron chi connectivity index (χ1n) is 9.66. The highest BCUT2D eigenvalue weighted by Crippen LogP contribution is 2.26. The minimum atomic E-state index is -1.26. The van der Waals surface area contributed by atoms with Crippen LogP contribution in [-0.2, 0) is 22.4 Å². The third-order valence-electron chi connectivity index (χ3n) is 5.00. The van der Waals surface area contributed by atoms with E-state index in [1.165, 1.54) is 37.8 Å². The molecule has 1 aliphatic carbocycles. The van der Waals surface area contributed by atoms with E-state index in [-0.39, 0.29) is 0 Å². The number of aliphatic carboxylic acids is 2. The van der Waals surface area contributed by atoms with E-state index in [9.17, 15) is 9.59 Å². The average molecular weight is 384 g/mol. The number of anilines is 1. The summed E-state index contributed by atoms with van der Waals surface area (Å²) in [5, 5.41) is 15.6. The average Bonchev–Trinajstić information content (AvgIpc) is 2.92. The molecule has 1 aromatic carbocycles. The zero-order valence-electron chi connectivity index (χ0n) is 16.1. The van der Waals surface area contributed by atoms with E-state index in [1.54, 1.807) is 11.1 Å². The van der Waals surface area contributed by atoms with Gasteiger partial charge in [0.25, 0.3) is 0 Å². The standard InChI is InChI=1S/C18H24N2.C4H4O4/c1-2-10-19-11-13-20(14-12-19)18-9-8-16-6-4-3-5-7-17(16)15-18;5-3(6)1-2-4(7)8/h1,8-9,15H,3-7,10-14H2;1-2H,(H,5,6)(H,7,8). The van der Waals surface area contributed by atoms with Gasteiger partial charge in [0.15, 0.2) is 0 Å². The van der Waals surface area contributed by atoms with E-state index < -0.39 is 11.9 Å². The zero-order valence-corrected chi connectivity index (χ0v) is 16.1. The van der Waals surface area contributed by atoms with Gasteiger partial charge in [-0.2, -0.15) is 0 Å². The van der Waals surface area contributed by atoms with E-state index in [0.29, 0.717) is 12.2 Å². The van der Waals surface area contributed by atoms with Crippen molar-refractivity contribution in [1.29, 1.82) is 0 Å². The number of hydrogen-bond donors (Lipinski definition) is 2. The fourth-order valence-corrected chi connectivity index (χ4v) is 3.53. The van der Waals surface area contributed by atoms with Crippen molar-refractivity contribution in [3.8, 4) is 12.3 Å². The molecule has 1 heterocycles. The SMILES string of the molecule is C#CCN1CCN(c2ccc3c(c2)CCCCC3)CC1.O=C(O)C=CC(=O)O. The first-order chi connectivity index (χ1) is 13.5. The summed E-state index contributed by atoms with van der Waals surface area (Å²) in [5.41, 5.74) is 4.58. The van der Waals surface area contributed by atoms with Gasteiger partial charge in [-0.1, -0.05) is 18.4 Å². The van der Waals surface area contributed by atoms with Crippen LogP contribution in [0.1, 0.15) is 30.4 Å². The van der Waals surface area contributed by atoms with Gasteiger partial charge in [-0.05, 0) is 48.9 Å². The Bertz CT molecular complexity index is 727. The second-order valence-corrected chi connectivity index (χ2v) is 6.99. The molecule has 2 N–H and O–H groups in total. The predicted molar refractivity (Wildman–Crippen MR) is 110 cm³/mol. The molecule has 28 heavy (non-hydrogen) atoms. The highest BCUT2D eigenvalue weighted by Gasteiger charge is 2.17. The van der Waals surface area contributed by atoms with Crippen LogP contribution in [0.4, 0.5) is 5.69 Å². The third-order valence-corrected chi connectivity index (χ3v) is 5.00. The van der Waals surface area contributed by atoms with E-state index in [2.05, 4.69) is 33.9 Å². The molecule has 0 amide bonds. The van der Waals surface area contributed by atoms with Crippen LogP contribution >= 0.6 is 0 Å². The van der Waals surface area contributed by atoms with E-state index in [1.807, 2.05) is 0 Å². The lowest BCUT2D eigenvalue weighted by atomic mass is 10.0. The molecular formula is C22H28N2O4. The van der Waals surface area contributed by atoms with Crippen LogP contribution < -0.4 is 4.90 Å². The summed E-state index contributed by atoms with van der Waals surface area (Å²) < 4.78 is 0. The molecule has 0 bridgehead atoms. The molecule has 1 fully saturated rings. The summed E-state index contributed by atoms with van der Waals surface area (Å²) in [5.74, 6) is 0.233. The lowest BCUT2D eigenvalue weighted by Crippen LogP contribution is -2.46. The molecule has 6 heteroatoms. The third kappa shape index (κ3) is 7.09. The van der Waals surface area contributed by atoms with Gasteiger partial charge in [0.2, 0.25) is 0 Å². The Balaban J connectivity index is 0.000000300. The molecule has 1 saturated heterocycles. The topological polar surface area (TPSA) is 81.1 Å². The van der Waals surface area contributed by atoms with E-state index in [4.69, 9.17) is 16.6 Å². The van der Waals surface area contributed by atoms with Crippen LogP contribution in [-0.4, -0.2) is 59.8 Å². The van der Waals surface area contributed by atoms with Gasteiger partial charge in [0, 0.05) is 44.0 Å². The summed E-state index contributed by atoms with van der Waals surface area (Å²) in [6, 6.07) is 7.13. The minimum Gasteiger partial charge on any atom is -0.478 e. The molecule has 0 spiro atoms. The number of benzene rings is 1.